The van der Waals surface area contributed by atoms with E-state index in [1.807, 2.05) is 4.90 Å². The van der Waals surface area contributed by atoms with Crippen molar-refractivity contribution < 1.29 is 9.90 Å². The first-order valence-corrected chi connectivity index (χ1v) is 10.0. The molecule has 0 aromatic heterocycles. The summed E-state index contributed by atoms with van der Waals surface area (Å²) >= 11 is 0. The minimum Gasteiger partial charge on any atom is -0.387 e. The zero-order chi connectivity index (χ0) is 18.1. The Kier molecular flexibility index (Phi) is 5.04. The number of piperazine rings is 1. The monoisotopic (exact) mass is 357 g/mol. The number of rotatable bonds is 4. The number of benzene rings is 1. The maximum atomic E-state index is 12.7. The highest BCUT2D eigenvalue weighted by molar-refractivity contribution is 5.79. The van der Waals surface area contributed by atoms with Crippen LogP contribution >= 0.6 is 0 Å². The van der Waals surface area contributed by atoms with Gasteiger partial charge in [-0.15, -0.1) is 0 Å². The van der Waals surface area contributed by atoms with E-state index in [0.717, 1.165) is 38.2 Å². The van der Waals surface area contributed by atoms with Crippen molar-refractivity contribution in [3.05, 3.63) is 34.9 Å². The molecule has 5 nitrogen and oxygen atoms in total. The molecule has 1 atom stereocenters. The average Bonchev–Trinajstić information content (AvgIpc) is 3.23. The highest BCUT2D eigenvalue weighted by atomic mass is 16.3. The van der Waals surface area contributed by atoms with Crippen LogP contribution in [-0.4, -0.2) is 84.2 Å². The number of aryl methyl sites for hydroxylation is 2. The molecular formula is C21H31N3O2. The maximum absolute atomic E-state index is 12.7. The number of hydrogen-bond acceptors (Lipinski definition) is 4. The second kappa shape index (κ2) is 7.29. The van der Waals surface area contributed by atoms with Crippen molar-refractivity contribution in [1.82, 2.24) is 14.7 Å². The van der Waals surface area contributed by atoms with Gasteiger partial charge >= 0.3 is 0 Å². The smallest absolute Gasteiger partial charge is 0.227 e. The molecule has 0 bridgehead atoms. The van der Waals surface area contributed by atoms with Gasteiger partial charge in [-0.05, 0) is 49.4 Å². The number of aliphatic hydroxyl groups is 1. The fourth-order valence-corrected chi connectivity index (χ4v) is 4.64. The fraction of sp³-hybridized carbons (Fsp3) is 0.667. The van der Waals surface area contributed by atoms with Gasteiger partial charge in [-0.2, -0.15) is 0 Å². The third kappa shape index (κ3) is 3.95. The van der Waals surface area contributed by atoms with Crippen LogP contribution in [0.15, 0.2) is 18.2 Å². The molecule has 26 heavy (non-hydrogen) atoms. The number of carbonyl (C=O) groups excluding carboxylic acids is 1. The van der Waals surface area contributed by atoms with Gasteiger partial charge in [0, 0.05) is 39.3 Å². The molecule has 1 N–H and O–H groups in total. The van der Waals surface area contributed by atoms with E-state index >= 15 is 0 Å². The number of carbonyl (C=O) groups is 1. The minimum absolute atomic E-state index is 0.150. The van der Waals surface area contributed by atoms with E-state index < -0.39 is 5.60 Å². The molecule has 1 aromatic carbocycles. The lowest BCUT2D eigenvalue weighted by atomic mass is 10.0. The summed E-state index contributed by atoms with van der Waals surface area (Å²) in [4.78, 5) is 19.3. The summed E-state index contributed by atoms with van der Waals surface area (Å²) in [5.41, 5.74) is 3.24. The third-order valence-electron chi connectivity index (χ3n) is 6.32. The maximum Gasteiger partial charge on any atom is 0.227 e. The zero-order valence-corrected chi connectivity index (χ0v) is 15.9. The normalized spacial score (nSPS) is 27.1. The predicted molar refractivity (Wildman–Crippen MR) is 102 cm³/mol. The second-order valence-corrected chi connectivity index (χ2v) is 8.50. The standard InChI is InChI=1S/C21H31N3O2/c1-22-9-11-23(12-10-22)15-21(26)7-8-24(16-21)20(25)14-17-5-6-18-3-2-4-19(18)13-17/h5-6,13,26H,2-4,7-12,14-16H2,1H3. The summed E-state index contributed by atoms with van der Waals surface area (Å²) in [5, 5.41) is 11.0. The van der Waals surface area contributed by atoms with Gasteiger partial charge in [-0.25, -0.2) is 0 Å². The number of nitrogens with zero attached hydrogens (tertiary/aromatic N) is 3. The van der Waals surface area contributed by atoms with E-state index in [1.54, 1.807) is 0 Å². The molecule has 1 unspecified atom stereocenters. The topological polar surface area (TPSA) is 47.0 Å². The van der Waals surface area contributed by atoms with E-state index in [1.165, 1.54) is 24.0 Å². The number of β-amino-alcohol motifs (C(OH)–C–C–N with tert-alkyl or cyclic N) is 1. The Labute approximate surface area is 156 Å². The SMILES string of the molecule is CN1CCN(CC2(O)CCN(C(=O)Cc3ccc4c(c3)CCC4)C2)CC1. The van der Waals surface area contributed by atoms with Crippen molar-refractivity contribution in [3.63, 3.8) is 0 Å². The lowest BCUT2D eigenvalue weighted by Gasteiger charge is -2.36. The van der Waals surface area contributed by atoms with Crippen LogP contribution in [0.4, 0.5) is 0 Å². The van der Waals surface area contributed by atoms with Crippen molar-refractivity contribution in [3.8, 4) is 0 Å². The van der Waals surface area contributed by atoms with Crippen LogP contribution in [0.5, 0.6) is 0 Å². The van der Waals surface area contributed by atoms with Gasteiger partial charge in [0.15, 0.2) is 0 Å². The van der Waals surface area contributed by atoms with Crippen LogP contribution in [0.25, 0.3) is 0 Å². The number of likely N-dealkylation sites (N-methyl/N-ethyl adjacent to an activating group) is 1. The van der Waals surface area contributed by atoms with Crippen LogP contribution in [0.3, 0.4) is 0 Å². The lowest BCUT2D eigenvalue weighted by molar-refractivity contribution is -0.130. The summed E-state index contributed by atoms with van der Waals surface area (Å²) in [5.74, 6) is 0.150. The Morgan fingerprint density at radius 1 is 1.12 bits per heavy atom. The number of likely N-dealkylation sites (tertiary alicyclic amines) is 1. The largest absolute Gasteiger partial charge is 0.387 e. The molecule has 142 valence electrons. The predicted octanol–water partition coefficient (Wildman–Crippen LogP) is 0.929. The van der Waals surface area contributed by atoms with Crippen molar-refractivity contribution in [2.75, 3.05) is 52.9 Å². The number of amides is 1. The van der Waals surface area contributed by atoms with Crippen LogP contribution in [0.2, 0.25) is 0 Å². The van der Waals surface area contributed by atoms with Gasteiger partial charge in [0.05, 0.1) is 18.6 Å². The van der Waals surface area contributed by atoms with E-state index in [2.05, 4.69) is 35.0 Å². The molecule has 2 fully saturated rings. The Bertz CT molecular complexity index is 669. The first-order chi connectivity index (χ1) is 12.5. The van der Waals surface area contributed by atoms with E-state index in [4.69, 9.17) is 0 Å². The first-order valence-electron chi connectivity index (χ1n) is 10.0. The summed E-state index contributed by atoms with van der Waals surface area (Å²) in [6, 6.07) is 6.51. The molecule has 1 aliphatic carbocycles. The van der Waals surface area contributed by atoms with Crippen molar-refractivity contribution in [1.29, 1.82) is 0 Å². The molecule has 0 saturated carbocycles. The summed E-state index contributed by atoms with van der Waals surface area (Å²) in [6.07, 6.45) is 4.70. The van der Waals surface area contributed by atoms with Gasteiger partial charge < -0.3 is 14.9 Å². The van der Waals surface area contributed by atoms with Gasteiger partial charge in [0.25, 0.3) is 0 Å². The molecule has 0 radical (unpaired) electrons. The molecule has 2 aliphatic heterocycles. The van der Waals surface area contributed by atoms with Gasteiger partial charge in [-0.1, -0.05) is 18.2 Å². The number of hydrogen-bond donors (Lipinski definition) is 1. The zero-order valence-electron chi connectivity index (χ0n) is 15.9. The lowest BCUT2D eigenvalue weighted by Crippen LogP contribution is -2.52. The van der Waals surface area contributed by atoms with Crippen LogP contribution in [0.1, 0.15) is 29.5 Å². The van der Waals surface area contributed by atoms with Crippen LogP contribution in [0, 0.1) is 0 Å². The van der Waals surface area contributed by atoms with E-state index in [-0.39, 0.29) is 5.91 Å². The van der Waals surface area contributed by atoms with Gasteiger partial charge in [0.1, 0.15) is 0 Å². The molecular weight excluding hydrogens is 326 g/mol. The summed E-state index contributed by atoms with van der Waals surface area (Å²) in [6.45, 7) is 5.94. The molecule has 3 aliphatic rings. The fourth-order valence-electron chi connectivity index (χ4n) is 4.64. The Morgan fingerprint density at radius 2 is 1.88 bits per heavy atom. The molecule has 0 spiro atoms. The van der Waals surface area contributed by atoms with Gasteiger partial charge in [-0.3, -0.25) is 9.69 Å². The van der Waals surface area contributed by atoms with Crippen molar-refractivity contribution in [2.45, 2.75) is 37.7 Å². The molecule has 2 heterocycles. The van der Waals surface area contributed by atoms with Crippen molar-refractivity contribution in [2.24, 2.45) is 0 Å². The molecule has 1 amide bonds. The second-order valence-electron chi connectivity index (χ2n) is 8.50. The molecule has 1 aromatic rings. The average molecular weight is 357 g/mol. The number of fused-ring (bicyclic) bond motifs is 1. The molecule has 5 heteroatoms. The first kappa shape index (κ1) is 18.0. The summed E-state index contributed by atoms with van der Waals surface area (Å²) in [7, 11) is 2.14. The quantitative estimate of drug-likeness (QED) is 0.871. The van der Waals surface area contributed by atoms with E-state index in [9.17, 15) is 9.90 Å². The molecule has 4 rings (SSSR count). The van der Waals surface area contributed by atoms with Gasteiger partial charge in [0.2, 0.25) is 5.91 Å². The highest BCUT2D eigenvalue weighted by Crippen LogP contribution is 2.26. The van der Waals surface area contributed by atoms with E-state index in [0.29, 0.717) is 32.5 Å². The Hall–Kier alpha value is -1.43. The minimum atomic E-state index is -0.747. The summed E-state index contributed by atoms with van der Waals surface area (Å²) < 4.78 is 0. The highest BCUT2D eigenvalue weighted by Gasteiger charge is 2.39. The molecule has 2 saturated heterocycles. The van der Waals surface area contributed by atoms with Crippen LogP contribution in [-0.2, 0) is 24.1 Å². The third-order valence-corrected chi connectivity index (χ3v) is 6.32. The Balaban J connectivity index is 1.32. The van der Waals surface area contributed by atoms with Crippen molar-refractivity contribution >= 4 is 5.91 Å². The van der Waals surface area contributed by atoms with Crippen LogP contribution < -0.4 is 0 Å². The Morgan fingerprint density at radius 3 is 2.69 bits per heavy atom.